The Morgan fingerprint density at radius 1 is 1.50 bits per heavy atom. The van der Waals surface area contributed by atoms with Gasteiger partial charge in [0.15, 0.2) is 4.77 Å². The molecule has 0 saturated heterocycles. The Bertz CT molecular complexity index is 457. The van der Waals surface area contributed by atoms with Gasteiger partial charge in [-0.1, -0.05) is 0 Å². The van der Waals surface area contributed by atoms with Gasteiger partial charge in [-0.15, -0.1) is 0 Å². The van der Waals surface area contributed by atoms with Gasteiger partial charge in [0, 0.05) is 17.5 Å². The van der Waals surface area contributed by atoms with E-state index in [9.17, 15) is 18.3 Å². The number of rotatable bonds is 0. The minimum atomic E-state index is -4.29. The van der Waals surface area contributed by atoms with Gasteiger partial charge in [-0.2, -0.15) is 13.2 Å². The Hall–Kier alpha value is -0.950. The van der Waals surface area contributed by atoms with Crippen LogP contribution >= 0.6 is 12.2 Å². The second-order valence-electron chi connectivity index (χ2n) is 3.82. The average molecular weight is 250 g/mol. The number of nitrogens with zero attached hydrogens (tertiary/aromatic N) is 1. The maximum absolute atomic E-state index is 12.5. The van der Waals surface area contributed by atoms with Gasteiger partial charge in [0.1, 0.15) is 0 Å². The van der Waals surface area contributed by atoms with E-state index >= 15 is 0 Å². The number of nitrogens with one attached hydrogen (secondary N) is 1. The first-order valence-electron chi connectivity index (χ1n) is 4.71. The minimum absolute atomic E-state index is 0.133. The summed E-state index contributed by atoms with van der Waals surface area (Å²) in [5.74, 6) is -1.52. The maximum Gasteiger partial charge on any atom is 0.392 e. The first-order chi connectivity index (χ1) is 7.38. The number of alkyl halides is 3. The fourth-order valence-electron chi connectivity index (χ4n) is 1.87. The molecule has 88 valence electrons. The van der Waals surface area contributed by atoms with Crippen LogP contribution in [0, 0.1) is 10.7 Å². The summed E-state index contributed by atoms with van der Waals surface area (Å²) in [6.45, 7) is 0. The van der Waals surface area contributed by atoms with Crippen molar-refractivity contribution < 1.29 is 18.3 Å². The van der Waals surface area contributed by atoms with Crippen LogP contribution in [0.3, 0.4) is 0 Å². The molecule has 0 unspecified atom stereocenters. The van der Waals surface area contributed by atoms with Crippen molar-refractivity contribution in [3.8, 4) is 0 Å². The molecule has 0 radical (unpaired) electrons. The fourth-order valence-corrected chi connectivity index (χ4v) is 2.05. The Morgan fingerprint density at radius 2 is 2.19 bits per heavy atom. The normalized spacial score (nSPS) is 25.2. The highest BCUT2D eigenvalue weighted by molar-refractivity contribution is 7.71. The second-order valence-corrected chi connectivity index (χ2v) is 4.20. The van der Waals surface area contributed by atoms with Crippen molar-refractivity contribution in [3.05, 3.63) is 22.2 Å². The van der Waals surface area contributed by atoms with E-state index in [4.69, 9.17) is 12.2 Å². The number of aromatic amines is 1. The van der Waals surface area contributed by atoms with E-state index in [1.54, 1.807) is 0 Å². The standard InChI is InChI=1S/C9H9F3N2OS/c10-9(11,12)4-1-6-5(7(15)2-4)3-13-8(16)14-6/h3-4,7,15H,1-2H2,(H,13,14,16)/t4-,7+/m0/s1. The van der Waals surface area contributed by atoms with Crippen molar-refractivity contribution in [3.63, 3.8) is 0 Å². The molecular weight excluding hydrogens is 241 g/mol. The number of aliphatic hydroxyl groups is 1. The lowest BCUT2D eigenvalue weighted by atomic mass is 9.85. The SMILES string of the molecule is O[C@@H]1C[C@@H](C(F)(F)F)Cc2[nH]c(=S)ncc21. The number of fused-ring (bicyclic) bond motifs is 1. The minimum Gasteiger partial charge on any atom is -0.388 e. The first-order valence-corrected chi connectivity index (χ1v) is 5.11. The summed E-state index contributed by atoms with van der Waals surface area (Å²) in [6, 6.07) is 0. The van der Waals surface area contributed by atoms with E-state index in [0.717, 1.165) is 0 Å². The summed E-state index contributed by atoms with van der Waals surface area (Å²) in [7, 11) is 0. The van der Waals surface area contributed by atoms with Crippen molar-refractivity contribution in [2.24, 2.45) is 5.92 Å². The Morgan fingerprint density at radius 3 is 2.81 bits per heavy atom. The van der Waals surface area contributed by atoms with Gasteiger partial charge in [0.25, 0.3) is 0 Å². The van der Waals surface area contributed by atoms with Crippen molar-refractivity contribution in [1.29, 1.82) is 0 Å². The first kappa shape index (κ1) is 11.5. The number of hydrogen-bond donors (Lipinski definition) is 2. The lowest BCUT2D eigenvalue weighted by Crippen LogP contribution is -2.31. The van der Waals surface area contributed by atoms with Crippen LogP contribution in [0.25, 0.3) is 0 Å². The van der Waals surface area contributed by atoms with Crippen molar-refractivity contribution in [2.75, 3.05) is 0 Å². The lowest BCUT2D eigenvalue weighted by Gasteiger charge is -2.29. The summed E-state index contributed by atoms with van der Waals surface area (Å²) in [4.78, 5) is 6.35. The molecule has 1 aromatic heterocycles. The van der Waals surface area contributed by atoms with Crippen LogP contribution < -0.4 is 0 Å². The van der Waals surface area contributed by atoms with Crippen molar-refractivity contribution >= 4 is 12.2 Å². The highest BCUT2D eigenvalue weighted by atomic mass is 32.1. The third kappa shape index (κ3) is 2.10. The monoisotopic (exact) mass is 250 g/mol. The molecule has 3 nitrogen and oxygen atoms in total. The van der Waals surface area contributed by atoms with Crippen LogP contribution in [0.4, 0.5) is 13.2 Å². The Kier molecular flexibility index (Phi) is 2.75. The third-order valence-electron chi connectivity index (χ3n) is 2.71. The zero-order valence-corrected chi connectivity index (χ0v) is 8.90. The summed E-state index contributed by atoms with van der Waals surface area (Å²) >= 11 is 4.74. The molecule has 1 aliphatic carbocycles. The topological polar surface area (TPSA) is 48.9 Å². The quantitative estimate of drug-likeness (QED) is 0.694. The molecule has 1 aromatic rings. The third-order valence-corrected chi connectivity index (χ3v) is 2.91. The number of H-pyrrole nitrogens is 1. The maximum atomic E-state index is 12.5. The Balaban J connectivity index is 2.38. The molecule has 0 aromatic carbocycles. The zero-order chi connectivity index (χ0) is 11.9. The van der Waals surface area contributed by atoms with E-state index in [1.807, 2.05) is 0 Å². The van der Waals surface area contributed by atoms with Gasteiger partial charge in [-0.25, -0.2) is 4.98 Å². The van der Waals surface area contributed by atoms with E-state index in [-0.39, 0.29) is 17.6 Å². The molecule has 0 amide bonds. The lowest BCUT2D eigenvalue weighted by molar-refractivity contribution is -0.184. The van der Waals surface area contributed by atoms with Gasteiger partial charge in [0.05, 0.1) is 12.0 Å². The van der Waals surface area contributed by atoms with Gasteiger partial charge >= 0.3 is 6.18 Å². The molecule has 7 heteroatoms. The van der Waals surface area contributed by atoms with Crippen LogP contribution in [0.5, 0.6) is 0 Å². The fraction of sp³-hybridized carbons (Fsp3) is 0.556. The van der Waals surface area contributed by atoms with Gasteiger partial charge in [-0.3, -0.25) is 0 Å². The molecule has 2 atom stereocenters. The molecule has 0 bridgehead atoms. The number of hydrogen-bond acceptors (Lipinski definition) is 3. The van der Waals surface area contributed by atoms with Crippen LogP contribution in [0.2, 0.25) is 0 Å². The number of halogens is 3. The summed E-state index contributed by atoms with van der Waals surface area (Å²) in [5, 5.41) is 9.59. The van der Waals surface area contributed by atoms with E-state index in [0.29, 0.717) is 11.3 Å². The smallest absolute Gasteiger partial charge is 0.388 e. The summed E-state index contributed by atoms with van der Waals surface area (Å²) in [5.41, 5.74) is 0.746. The van der Waals surface area contributed by atoms with Crippen molar-refractivity contribution in [1.82, 2.24) is 9.97 Å². The molecule has 0 spiro atoms. The predicted molar refractivity (Wildman–Crippen MR) is 52.2 cm³/mol. The average Bonchev–Trinajstić information content (AvgIpc) is 2.15. The van der Waals surface area contributed by atoms with Crippen LogP contribution in [0.15, 0.2) is 6.20 Å². The van der Waals surface area contributed by atoms with E-state index in [1.165, 1.54) is 6.20 Å². The highest BCUT2D eigenvalue weighted by Gasteiger charge is 2.43. The van der Waals surface area contributed by atoms with Crippen LogP contribution in [0.1, 0.15) is 23.8 Å². The molecule has 0 aliphatic heterocycles. The molecule has 2 rings (SSSR count). The van der Waals surface area contributed by atoms with Crippen LogP contribution in [-0.4, -0.2) is 21.3 Å². The Labute approximate surface area is 94.3 Å². The molecule has 1 aliphatic rings. The molecule has 2 N–H and O–H groups in total. The summed E-state index contributed by atoms with van der Waals surface area (Å²) < 4.78 is 37.8. The number of aromatic nitrogens is 2. The highest BCUT2D eigenvalue weighted by Crippen LogP contribution is 2.40. The van der Waals surface area contributed by atoms with Crippen LogP contribution in [-0.2, 0) is 6.42 Å². The molecule has 16 heavy (non-hydrogen) atoms. The van der Waals surface area contributed by atoms with Gasteiger partial charge in [0.2, 0.25) is 0 Å². The largest absolute Gasteiger partial charge is 0.392 e. The molecular formula is C9H9F3N2OS. The summed E-state index contributed by atoms with van der Waals surface area (Å²) in [6.07, 6.45) is -4.58. The molecule has 0 fully saturated rings. The molecule has 0 saturated carbocycles. The van der Waals surface area contributed by atoms with Gasteiger partial charge in [-0.05, 0) is 25.1 Å². The van der Waals surface area contributed by atoms with E-state index in [2.05, 4.69) is 9.97 Å². The number of aliphatic hydroxyl groups excluding tert-OH is 1. The second kappa shape index (κ2) is 3.81. The van der Waals surface area contributed by atoms with Crippen molar-refractivity contribution in [2.45, 2.75) is 25.1 Å². The van der Waals surface area contributed by atoms with E-state index < -0.39 is 18.2 Å². The van der Waals surface area contributed by atoms with Gasteiger partial charge < -0.3 is 10.1 Å². The molecule has 1 heterocycles. The zero-order valence-electron chi connectivity index (χ0n) is 8.08. The predicted octanol–water partition coefficient (Wildman–Crippen LogP) is 2.30.